The normalized spacial score (nSPS) is 10.4. The zero-order chi connectivity index (χ0) is 18.5. The van der Waals surface area contributed by atoms with Crippen LogP contribution < -0.4 is 25.5 Å². The Hall–Kier alpha value is -1.95. The average molecular weight is 352 g/mol. The summed E-state index contributed by atoms with van der Waals surface area (Å²) in [6.07, 6.45) is 9.91. The molecular formula is C19H32N2O4. The minimum Gasteiger partial charge on any atom is -0.493 e. The number of hydrogen-bond acceptors (Lipinski definition) is 5. The van der Waals surface area contributed by atoms with Gasteiger partial charge < -0.3 is 14.2 Å². The minimum absolute atomic E-state index is 0.357. The van der Waals surface area contributed by atoms with Gasteiger partial charge in [0.25, 0.3) is 5.91 Å². The number of carbonyl (C=O) groups is 1. The Morgan fingerprint density at radius 1 is 0.960 bits per heavy atom. The van der Waals surface area contributed by atoms with Gasteiger partial charge in [-0.1, -0.05) is 51.9 Å². The van der Waals surface area contributed by atoms with Crippen molar-refractivity contribution in [3.05, 3.63) is 17.7 Å². The Balaban J connectivity index is 2.50. The first-order chi connectivity index (χ1) is 12.2. The van der Waals surface area contributed by atoms with E-state index in [4.69, 9.17) is 20.1 Å². The molecule has 0 aliphatic carbocycles. The summed E-state index contributed by atoms with van der Waals surface area (Å²) in [7, 11) is 3.06. The molecule has 0 aromatic heterocycles. The molecule has 25 heavy (non-hydrogen) atoms. The minimum atomic E-state index is -0.411. The van der Waals surface area contributed by atoms with E-state index in [0.29, 0.717) is 29.4 Å². The third-order valence-electron chi connectivity index (χ3n) is 4.10. The number of hydrazine groups is 1. The van der Waals surface area contributed by atoms with Gasteiger partial charge >= 0.3 is 0 Å². The van der Waals surface area contributed by atoms with Crippen molar-refractivity contribution in [1.82, 2.24) is 5.43 Å². The number of ether oxygens (including phenoxy) is 3. The molecule has 1 aromatic carbocycles. The van der Waals surface area contributed by atoms with Gasteiger partial charge in [-0.2, -0.15) is 0 Å². The molecule has 6 nitrogen and oxygen atoms in total. The van der Waals surface area contributed by atoms with Gasteiger partial charge in [0, 0.05) is 5.56 Å². The maximum Gasteiger partial charge on any atom is 0.265 e. The number of nitrogen functional groups attached to an aromatic ring is 1. The standard InChI is InChI=1S/C19H32N2O4/c1-4-5-6-7-8-9-10-11-12-25-18-16(23-2)13-15(19(22)21-20)14-17(18)24-3/h13-14H,4-12,20H2,1-3H3,(H,21,22). The Kier molecular flexibility index (Phi) is 10.5. The van der Waals surface area contributed by atoms with E-state index in [1.165, 1.54) is 52.7 Å². The third kappa shape index (κ3) is 7.22. The number of methoxy groups -OCH3 is 2. The van der Waals surface area contributed by atoms with Crippen LogP contribution in [-0.4, -0.2) is 26.7 Å². The van der Waals surface area contributed by atoms with Crippen molar-refractivity contribution >= 4 is 5.91 Å². The summed E-state index contributed by atoms with van der Waals surface area (Å²) in [5.41, 5.74) is 2.45. The summed E-state index contributed by atoms with van der Waals surface area (Å²) in [5, 5.41) is 0. The monoisotopic (exact) mass is 352 g/mol. The van der Waals surface area contributed by atoms with E-state index in [-0.39, 0.29) is 0 Å². The molecule has 0 aliphatic heterocycles. The summed E-state index contributed by atoms with van der Waals surface area (Å²) in [6.45, 7) is 2.82. The van der Waals surface area contributed by atoms with E-state index in [1.807, 2.05) is 0 Å². The second-order valence-electron chi connectivity index (χ2n) is 6.01. The molecule has 0 spiro atoms. The molecule has 0 fully saturated rings. The predicted molar refractivity (Wildman–Crippen MR) is 99.3 cm³/mol. The number of nitrogens with two attached hydrogens (primary N) is 1. The van der Waals surface area contributed by atoms with Crippen LogP contribution in [0.25, 0.3) is 0 Å². The Morgan fingerprint density at radius 3 is 1.96 bits per heavy atom. The largest absolute Gasteiger partial charge is 0.493 e. The Labute approximate surface area is 151 Å². The second kappa shape index (κ2) is 12.4. The molecule has 0 heterocycles. The lowest BCUT2D eigenvalue weighted by molar-refractivity contribution is 0.0952. The number of unbranched alkanes of at least 4 members (excludes halogenated alkanes) is 7. The van der Waals surface area contributed by atoms with Crippen LogP contribution in [0.1, 0.15) is 68.6 Å². The van der Waals surface area contributed by atoms with Gasteiger partial charge in [0.1, 0.15) is 0 Å². The molecule has 0 bridgehead atoms. The molecule has 0 saturated heterocycles. The molecule has 1 rings (SSSR count). The topological polar surface area (TPSA) is 82.8 Å². The number of rotatable bonds is 13. The van der Waals surface area contributed by atoms with E-state index in [2.05, 4.69) is 12.3 Å². The van der Waals surface area contributed by atoms with E-state index in [0.717, 1.165) is 12.8 Å². The van der Waals surface area contributed by atoms with Crippen LogP contribution in [0, 0.1) is 0 Å². The fraction of sp³-hybridized carbons (Fsp3) is 0.632. The number of carbonyl (C=O) groups excluding carboxylic acids is 1. The van der Waals surface area contributed by atoms with Crippen molar-refractivity contribution in [2.75, 3.05) is 20.8 Å². The highest BCUT2D eigenvalue weighted by Gasteiger charge is 2.17. The summed E-state index contributed by atoms with van der Waals surface area (Å²) in [6, 6.07) is 3.18. The first-order valence-corrected chi connectivity index (χ1v) is 9.07. The van der Waals surface area contributed by atoms with Crippen LogP contribution >= 0.6 is 0 Å². The molecular weight excluding hydrogens is 320 g/mol. The smallest absolute Gasteiger partial charge is 0.265 e. The lowest BCUT2D eigenvalue weighted by atomic mass is 10.1. The van der Waals surface area contributed by atoms with Crippen LogP contribution in [0.3, 0.4) is 0 Å². The van der Waals surface area contributed by atoms with Gasteiger partial charge in [-0.25, -0.2) is 5.84 Å². The van der Waals surface area contributed by atoms with Crippen molar-refractivity contribution in [3.8, 4) is 17.2 Å². The summed E-state index contributed by atoms with van der Waals surface area (Å²) in [5.74, 6) is 6.19. The van der Waals surface area contributed by atoms with Gasteiger partial charge in [-0.3, -0.25) is 10.2 Å². The molecule has 0 aliphatic rings. The van der Waals surface area contributed by atoms with E-state index >= 15 is 0 Å². The van der Waals surface area contributed by atoms with Crippen LogP contribution in [0.5, 0.6) is 17.2 Å². The fourth-order valence-corrected chi connectivity index (χ4v) is 2.65. The van der Waals surface area contributed by atoms with Gasteiger partial charge in [0.05, 0.1) is 20.8 Å². The van der Waals surface area contributed by atoms with E-state index < -0.39 is 5.91 Å². The maximum absolute atomic E-state index is 11.7. The molecule has 0 radical (unpaired) electrons. The first kappa shape index (κ1) is 21.1. The molecule has 1 aromatic rings. The highest BCUT2D eigenvalue weighted by molar-refractivity contribution is 5.95. The highest BCUT2D eigenvalue weighted by Crippen LogP contribution is 2.38. The zero-order valence-electron chi connectivity index (χ0n) is 15.7. The van der Waals surface area contributed by atoms with Crippen molar-refractivity contribution in [1.29, 1.82) is 0 Å². The molecule has 0 atom stereocenters. The number of nitrogens with one attached hydrogen (secondary N) is 1. The quantitative estimate of drug-likeness (QED) is 0.244. The summed E-state index contributed by atoms with van der Waals surface area (Å²) in [4.78, 5) is 11.7. The van der Waals surface area contributed by atoms with Crippen LogP contribution in [0.2, 0.25) is 0 Å². The van der Waals surface area contributed by atoms with E-state index in [1.54, 1.807) is 12.1 Å². The number of benzene rings is 1. The number of amides is 1. The summed E-state index contributed by atoms with van der Waals surface area (Å²) >= 11 is 0. The van der Waals surface area contributed by atoms with E-state index in [9.17, 15) is 4.79 Å². The van der Waals surface area contributed by atoms with Crippen LogP contribution in [0.4, 0.5) is 0 Å². The van der Waals surface area contributed by atoms with Crippen molar-refractivity contribution in [2.24, 2.45) is 5.84 Å². The second-order valence-corrected chi connectivity index (χ2v) is 6.01. The predicted octanol–water partition coefficient (Wildman–Crippen LogP) is 3.83. The van der Waals surface area contributed by atoms with Gasteiger partial charge in [0.15, 0.2) is 11.5 Å². The molecule has 6 heteroatoms. The molecule has 3 N–H and O–H groups in total. The number of hydrogen-bond donors (Lipinski definition) is 2. The lowest BCUT2D eigenvalue weighted by Crippen LogP contribution is -2.30. The molecule has 0 saturated carbocycles. The Bertz CT molecular complexity index is 495. The fourth-order valence-electron chi connectivity index (χ4n) is 2.65. The van der Waals surface area contributed by atoms with Crippen LogP contribution in [-0.2, 0) is 0 Å². The maximum atomic E-state index is 11.7. The lowest BCUT2D eigenvalue weighted by Gasteiger charge is -2.15. The van der Waals surface area contributed by atoms with Crippen LogP contribution in [0.15, 0.2) is 12.1 Å². The average Bonchev–Trinajstić information content (AvgIpc) is 2.65. The third-order valence-corrected chi connectivity index (χ3v) is 4.10. The van der Waals surface area contributed by atoms with Crippen molar-refractivity contribution in [2.45, 2.75) is 58.3 Å². The highest BCUT2D eigenvalue weighted by atomic mass is 16.5. The molecule has 142 valence electrons. The zero-order valence-corrected chi connectivity index (χ0v) is 15.7. The van der Waals surface area contributed by atoms with Crippen molar-refractivity contribution in [3.63, 3.8) is 0 Å². The molecule has 0 unspecified atom stereocenters. The van der Waals surface area contributed by atoms with Gasteiger partial charge in [0.2, 0.25) is 5.75 Å². The van der Waals surface area contributed by atoms with Gasteiger partial charge in [-0.05, 0) is 18.6 Å². The van der Waals surface area contributed by atoms with Crippen molar-refractivity contribution < 1.29 is 19.0 Å². The first-order valence-electron chi connectivity index (χ1n) is 9.07. The SMILES string of the molecule is CCCCCCCCCCOc1c(OC)cc(C(=O)NN)cc1OC. The molecule has 1 amide bonds. The Morgan fingerprint density at radius 2 is 1.48 bits per heavy atom. The summed E-state index contributed by atoms with van der Waals surface area (Å²) < 4.78 is 16.5. The van der Waals surface area contributed by atoms with Gasteiger partial charge in [-0.15, -0.1) is 0 Å².